The molecule has 0 saturated carbocycles. The number of aliphatic hydroxyl groups is 1. The van der Waals surface area contributed by atoms with Gasteiger partial charge in [-0.2, -0.15) is 0 Å². The molecule has 1 aliphatic heterocycles. The average Bonchev–Trinajstić information content (AvgIpc) is 2.39. The van der Waals surface area contributed by atoms with Crippen molar-refractivity contribution in [1.29, 1.82) is 0 Å². The average molecular weight is 277 g/mol. The van der Waals surface area contributed by atoms with E-state index in [1.807, 2.05) is 24.3 Å². The highest BCUT2D eigenvalue weighted by molar-refractivity contribution is 5.72. The predicted octanol–water partition coefficient (Wildman–Crippen LogP) is 1.75. The van der Waals surface area contributed by atoms with Crippen molar-refractivity contribution >= 4 is 5.97 Å². The zero-order valence-corrected chi connectivity index (χ0v) is 12.3. The molecule has 0 unspecified atom stereocenters. The molecule has 0 spiro atoms. The van der Waals surface area contributed by atoms with Crippen LogP contribution >= 0.6 is 0 Å². The fourth-order valence-corrected chi connectivity index (χ4v) is 2.87. The van der Waals surface area contributed by atoms with Gasteiger partial charge in [-0.1, -0.05) is 37.6 Å². The number of hydrogen-bond donors (Lipinski definition) is 1. The summed E-state index contributed by atoms with van der Waals surface area (Å²) in [6.07, 6.45) is 2.16. The van der Waals surface area contributed by atoms with Gasteiger partial charge in [0.1, 0.15) is 0 Å². The first kappa shape index (κ1) is 15.0. The number of ether oxygens (including phenoxy) is 1. The van der Waals surface area contributed by atoms with Crippen molar-refractivity contribution in [3.8, 4) is 0 Å². The third kappa shape index (κ3) is 3.58. The first-order valence-electron chi connectivity index (χ1n) is 7.14. The van der Waals surface area contributed by atoms with Gasteiger partial charge in [0, 0.05) is 19.6 Å². The SMILES string of the molecule is CCCC1(O)CN(Cc2ccccc2CC(=O)OC)C1. The van der Waals surface area contributed by atoms with Gasteiger partial charge in [-0.25, -0.2) is 0 Å². The van der Waals surface area contributed by atoms with E-state index in [2.05, 4.69) is 11.8 Å². The molecule has 0 aromatic heterocycles. The Morgan fingerprint density at radius 1 is 1.35 bits per heavy atom. The third-order valence-corrected chi connectivity index (χ3v) is 3.83. The predicted molar refractivity (Wildman–Crippen MR) is 77.3 cm³/mol. The highest BCUT2D eigenvalue weighted by Gasteiger charge is 2.39. The summed E-state index contributed by atoms with van der Waals surface area (Å²) in [6.45, 7) is 4.30. The van der Waals surface area contributed by atoms with E-state index in [1.54, 1.807) is 0 Å². The Balaban J connectivity index is 1.95. The Bertz CT molecular complexity index is 467. The van der Waals surface area contributed by atoms with E-state index >= 15 is 0 Å². The molecule has 1 N–H and O–H groups in total. The molecule has 2 rings (SSSR count). The summed E-state index contributed by atoms with van der Waals surface area (Å²) in [4.78, 5) is 13.6. The van der Waals surface area contributed by atoms with Crippen molar-refractivity contribution in [1.82, 2.24) is 4.90 Å². The summed E-state index contributed by atoms with van der Waals surface area (Å²) in [5.74, 6) is -0.219. The number of methoxy groups -OCH3 is 1. The van der Waals surface area contributed by atoms with Crippen LogP contribution in [0.2, 0.25) is 0 Å². The molecule has 1 aromatic carbocycles. The van der Waals surface area contributed by atoms with Crippen LogP contribution in [0.5, 0.6) is 0 Å². The topological polar surface area (TPSA) is 49.8 Å². The lowest BCUT2D eigenvalue weighted by atomic mass is 9.88. The van der Waals surface area contributed by atoms with Crippen LogP contribution in [-0.4, -0.2) is 41.8 Å². The molecule has 4 nitrogen and oxygen atoms in total. The number of carbonyl (C=O) groups excluding carboxylic acids is 1. The van der Waals surface area contributed by atoms with E-state index in [1.165, 1.54) is 7.11 Å². The summed E-state index contributed by atoms with van der Waals surface area (Å²) < 4.78 is 4.73. The van der Waals surface area contributed by atoms with Crippen molar-refractivity contribution in [2.45, 2.75) is 38.3 Å². The number of nitrogens with zero attached hydrogens (tertiary/aromatic N) is 1. The Labute approximate surface area is 120 Å². The molecular formula is C16H23NO3. The zero-order chi connectivity index (χ0) is 14.6. The number of likely N-dealkylation sites (tertiary alicyclic amines) is 1. The van der Waals surface area contributed by atoms with Crippen LogP contribution in [0.4, 0.5) is 0 Å². The van der Waals surface area contributed by atoms with Gasteiger partial charge in [0.2, 0.25) is 0 Å². The zero-order valence-electron chi connectivity index (χ0n) is 12.3. The molecule has 20 heavy (non-hydrogen) atoms. The highest BCUT2D eigenvalue weighted by Crippen LogP contribution is 2.28. The number of hydrogen-bond acceptors (Lipinski definition) is 4. The molecule has 1 heterocycles. The maximum absolute atomic E-state index is 11.4. The molecule has 1 aromatic rings. The van der Waals surface area contributed by atoms with Crippen molar-refractivity contribution in [2.24, 2.45) is 0 Å². The van der Waals surface area contributed by atoms with Crippen LogP contribution in [-0.2, 0) is 22.5 Å². The van der Waals surface area contributed by atoms with Crippen molar-refractivity contribution in [2.75, 3.05) is 20.2 Å². The minimum Gasteiger partial charge on any atom is -0.469 e. The summed E-state index contributed by atoms with van der Waals surface area (Å²) >= 11 is 0. The second-order valence-electron chi connectivity index (χ2n) is 5.64. The van der Waals surface area contributed by atoms with Crippen LogP contribution in [0.1, 0.15) is 30.9 Å². The number of benzene rings is 1. The van der Waals surface area contributed by atoms with Gasteiger partial charge in [-0.3, -0.25) is 9.69 Å². The first-order valence-corrected chi connectivity index (χ1v) is 7.14. The lowest BCUT2D eigenvalue weighted by Gasteiger charge is -2.47. The molecule has 0 amide bonds. The molecule has 1 aliphatic rings. The van der Waals surface area contributed by atoms with Gasteiger partial charge in [-0.05, 0) is 17.5 Å². The quantitative estimate of drug-likeness (QED) is 0.805. The molecule has 1 fully saturated rings. The van der Waals surface area contributed by atoms with Crippen LogP contribution in [0.3, 0.4) is 0 Å². The monoisotopic (exact) mass is 277 g/mol. The number of rotatable bonds is 6. The first-order chi connectivity index (χ1) is 9.56. The van der Waals surface area contributed by atoms with E-state index in [-0.39, 0.29) is 5.97 Å². The van der Waals surface area contributed by atoms with E-state index < -0.39 is 5.60 Å². The minimum atomic E-state index is -0.508. The van der Waals surface area contributed by atoms with Gasteiger partial charge < -0.3 is 9.84 Å². The highest BCUT2D eigenvalue weighted by atomic mass is 16.5. The van der Waals surface area contributed by atoms with E-state index in [4.69, 9.17) is 4.74 Å². The molecule has 1 saturated heterocycles. The van der Waals surface area contributed by atoms with Crippen molar-refractivity contribution in [3.63, 3.8) is 0 Å². The third-order valence-electron chi connectivity index (χ3n) is 3.83. The van der Waals surface area contributed by atoms with Crippen molar-refractivity contribution in [3.05, 3.63) is 35.4 Å². The number of carbonyl (C=O) groups is 1. The van der Waals surface area contributed by atoms with Gasteiger partial charge in [0.25, 0.3) is 0 Å². The van der Waals surface area contributed by atoms with Gasteiger partial charge in [0.15, 0.2) is 0 Å². The van der Waals surface area contributed by atoms with Crippen LogP contribution < -0.4 is 0 Å². The summed E-state index contributed by atoms with van der Waals surface area (Å²) in [5, 5.41) is 10.2. The normalized spacial score (nSPS) is 17.6. The number of β-amino-alcohol motifs (C(OH)–C–C–N with tert-alkyl or cyclic N) is 1. The molecule has 0 atom stereocenters. The lowest BCUT2D eigenvalue weighted by Crippen LogP contribution is -2.61. The largest absolute Gasteiger partial charge is 0.469 e. The minimum absolute atomic E-state index is 0.219. The molecular weight excluding hydrogens is 254 g/mol. The summed E-state index contributed by atoms with van der Waals surface area (Å²) in [5.41, 5.74) is 1.63. The Hall–Kier alpha value is -1.39. The standard InChI is InChI=1S/C16H23NO3/c1-3-8-16(19)11-17(12-16)10-14-7-5-4-6-13(14)9-15(18)20-2/h4-7,19H,3,8-12H2,1-2H3. The van der Waals surface area contributed by atoms with Gasteiger partial charge >= 0.3 is 5.97 Å². The van der Waals surface area contributed by atoms with Gasteiger partial charge in [0.05, 0.1) is 19.1 Å². The maximum Gasteiger partial charge on any atom is 0.309 e. The lowest BCUT2D eigenvalue weighted by molar-refractivity contribution is -0.139. The molecule has 110 valence electrons. The van der Waals surface area contributed by atoms with E-state index in [0.717, 1.165) is 30.5 Å². The fourth-order valence-electron chi connectivity index (χ4n) is 2.87. The number of esters is 1. The Morgan fingerprint density at radius 2 is 2.00 bits per heavy atom. The Morgan fingerprint density at radius 3 is 2.60 bits per heavy atom. The van der Waals surface area contributed by atoms with E-state index in [0.29, 0.717) is 19.5 Å². The maximum atomic E-state index is 11.4. The van der Waals surface area contributed by atoms with Gasteiger partial charge in [-0.15, -0.1) is 0 Å². The molecule has 4 heteroatoms. The summed E-state index contributed by atoms with van der Waals surface area (Å²) in [6, 6.07) is 7.92. The second kappa shape index (κ2) is 6.37. The fraction of sp³-hybridized carbons (Fsp3) is 0.562. The molecule has 0 aliphatic carbocycles. The van der Waals surface area contributed by atoms with Crippen LogP contribution in [0.25, 0.3) is 0 Å². The summed E-state index contributed by atoms with van der Waals surface area (Å²) in [7, 11) is 1.41. The second-order valence-corrected chi connectivity index (χ2v) is 5.64. The van der Waals surface area contributed by atoms with Crippen LogP contribution in [0, 0.1) is 0 Å². The molecule has 0 bridgehead atoms. The smallest absolute Gasteiger partial charge is 0.309 e. The molecule has 0 radical (unpaired) electrons. The van der Waals surface area contributed by atoms with Crippen LogP contribution in [0.15, 0.2) is 24.3 Å². The van der Waals surface area contributed by atoms with Crippen molar-refractivity contribution < 1.29 is 14.6 Å². The Kier molecular flexibility index (Phi) is 4.78. The van der Waals surface area contributed by atoms with E-state index in [9.17, 15) is 9.90 Å².